The van der Waals surface area contributed by atoms with Gasteiger partial charge in [-0.15, -0.1) is 0 Å². The molecule has 0 aliphatic heterocycles. The van der Waals surface area contributed by atoms with Crippen LogP contribution < -0.4 is 5.32 Å². The van der Waals surface area contributed by atoms with E-state index in [-0.39, 0.29) is 6.42 Å². The first kappa shape index (κ1) is 24.9. The van der Waals surface area contributed by atoms with Crippen molar-refractivity contribution in [3.63, 3.8) is 0 Å². The Morgan fingerprint density at radius 3 is 2.42 bits per heavy atom. The molecule has 2 N–H and O–H groups in total. The highest BCUT2D eigenvalue weighted by Crippen LogP contribution is 2.35. The molecule has 0 radical (unpaired) electrons. The number of ether oxygens (including phenoxy) is 1. The molecule has 1 amide bonds. The summed E-state index contributed by atoms with van der Waals surface area (Å²) in [5.74, 6) is -1.18. The molecule has 0 saturated carbocycles. The summed E-state index contributed by atoms with van der Waals surface area (Å²) >= 11 is 7.48. The molecule has 168 valence electrons. The Bertz CT molecular complexity index is 954. The lowest BCUT2D eigenvalue weighted by Gasteiger charge is -2.25. The Labute approximate surface area is 186 Å². The minimum Gasteiger partial charge on any atom is -0.480 e. The van der Waals surface area contributed by atoms with Crippen molar-refractivity contribution in [2.24, 2.45) is 0 Å². The summed E-state index contributed by atoms with van der Waals surface area (Å²) in [6, 6.07) is 10.2. The van der Waals surface area contributed by atoms with Gasteiger partial charge < -0.3 is 15.2 Å². The van der Waals surface area contributed by atoms with Crippen LogP contribution in [0.1, 0.15) is 30.9 Å². The fourth-order valence-corrected chi connectivity index (χ4v) is 4.06. The van der Waals surface area contributed by atoms with Crippen LogP contribution in [-0.4, -0.2) is 29.8 Å². The van der Waals surface area contributed by atoms with Crippen LogP contribution in [0.15, 0.2) is 52.3 Å². The van der Waals surface area contributed by atoms with Crippen molar-refractivity contribution in [1.29, 1.82) is 0 Å². The summed E-state index contributed by atoms with van der Waals surface area (Å²) in [6.45, 7) is 1.39. The average molecular weight is 476 g/mol. The number of aliphatic carboxylic acids is 1. The van der Waals surface area contributed by atoms with Gasteiger partial charge in [0, 0.05) is 14.8 Å². The molecule has 10 heteroatoms. The molecule has 0 aliphatic carbocycles. The van der Waals surface area contributed by atoms with E-state index in [1.807, 2.05) is 0 Å². The smallest absolute Gasteiger partial charge is 0.416 e. The predicted molar refractivity (Wildman–Crippen MR) is 112 cm³/mol. The van der Waals surface area contributed by atoms with Crippen molar-refractivity contribution in [1.82, 2.24) is 5.32 Å². The van der Waals surface area contributed by atoms with Gasteiger partial charge in [0.2, 0.25) is 0 Å². The topological polar surface area (TPSA) is 75.6 Å². The number of methoxy groups -OCH3 is 1. The highest BCUT2D eigenvalue weighted by Gasteiger charge is 2.34. The number of carboxylic acid groups (broad SMARTS) is 1. The van der Waals surface area contributed by atoms with E-state index in [4.69, 9.17) is 11.6 Å². The van der Waals surface area contributed by atoms with E-state index in [2.05, 4.69) is 10.1 Å². The van der Waals surface area contributed by atoms with E-state index in [1.54, 1.807) is 24.3 Å². The molecule has 0 spiro atoms. The van der Waals surface area contributed by atoms with Crippen molar-refractivity contribution < 1.29 is 32.6 Å². The van der Waals surface area contributed by atoms with Gasteiger partial charge in [-0.1, -0.05) is 35.5 Å². The molecular formula is C21H21ClF3NO4S. The number of amides is 1. The van der Waals surface area contributed by atoms with Gasteiger partial charge in [-0.3, -0.25) is 0 Å². The van der Waals surface area contributed by atoms with Crippen LogP contribution in [0.3, 0.4) is 0 Å². The van der Waals surface area contributed by atoms with Gasteiger partial charge in [0.1, 0.15) is 5.54 Å². The third-order valence-corrected chi connectivity index (χ3v) is 5.91. The van der Waals surface area contributed by atoms with Gasteiger partial charge in [-0.05, 0) is 62.1 Å². The number of rotatable bonds is 8. The zero-order valence-electron chi connectivity index (χ0n) is 16.8. The summed E-state index contributed by atoms with van der Waals surface area (Å²) in [6.07, 6.45) is -4.22. The zero-order valence-corrected chi connectivity index (χ0v) is 18.3. The van der Waals surface area contributed by atoms with E-state index >= 15 is 0 Å². The number of alkyl carbamates (subject to hydrolysis) is 1. The van der Waals surface area contributed by atoms with Crippen molar-refractivity contribution in [2.45, 2.75) is 47.7 Å². The minimum absolute atomic E-state index is 0.147. The summed E-state index contributed by atoms with van der Waals surface area (Å²) in [7, 11) is 1.15. The number of carboxylic acids is 1. The molecule has 2 rings (SSSR count). The van der Waals surface area contributed by atoms with E-state index < -0.39 is 29.3 Å². The maximum Gasteiger partial charge on any atom is 0.416 e. The normalized spacial score (nSPS) is 13.4. The number of halogens is 4. The quantitative estimate of drug-likeness (QED) is 0.487. The van der Waals surface area contributed by atoms with Crippen molar-refractivity contribution >= 4 is 35.4 Å². The molecule has 1 atom stereocenters. The van der Waals surface area contributed by atoms with Gasteiger partial charge in [-0.25, -0.2) is 9.59 Å². The lowest BCUT2D eigenvalue weighted by atomic mass is 9.93. The predicted octanol–water partition coefficient (Wildman–Crippen LogP) is 6.03. The molecule has 0 aromatic heterocycles. The fraction of sp³-hybridized carbons (Fsp3) is 0.333. The summed E-state index contributed by atoms with van der Waals surface area (Å²) in [4.78, 5) is 24.0. The number of nitrogens with one attached hydrogen (secondary N) is 1. The second-order valence-electron chi connectivity index (χ2n) is 6.99. The molecule has 2 aromatic carbocycles. The highest BCUT2D eigenvalue weighted by molar-refractivity contribution is 7.99. The first-order chi connectivity index (χ1) is 14.4. The van der Waals surface area contributed by atoms with Crippen molar-refractivity contribution in [3.8, 4) is 0 Å². The van der Waals surface area contributed by atoms with Crippen LogP contribution in [-0.2, 0) is 22.1 Å². The largest absolute Gasteiger partial charge is 0.480 e. The second-order valence-corrected chi connectivity index (χ2v) is 8.54. The number of carbonyl (C=O) groups is 2. The first-order valence-electron chi connectivity index (χ1n) is 9.17. The lowest BCUT2D eigenvalue weighted by molar-refractivity contribution is -0.144. The van der Waals surface area contributed by atoms with Gasteiger partial charge in [0.15, 0.2) is 0 Å². The Balaban J connectivity index is 2.03. The molecule has 5 nitrogen and oxygen atoms in total. The zero-order chi connectivity index (χ0) is 23.2. The van der Waals surface area contributed by atoms with E-state index in [0.29, 0.717) is 27.7 Å². The number of alkyl halides is 3. The first-order valence-corrected chi connectivity index (χ1v) is 10.4. The number of carbonyl (C=O) groups excluding carboxylic acids is 1. The van der Waals surface area contributed by atoms with Crippen molar-refractivity contribution in [3.05, 3.63) is 58.6 Å². The fourth-order valence-electron chi connectivity index (χ4n) is 2.80. The summed E-state index contributed by atoms with van der Waals surface area (Å²) in [5, 5.41) is 12.1. The molecule has 0 fully saturated rings. The molecular weight excluding hydrogens is 455 g/mol. The summed E-state index contributed by atoms with van der Waals surface area (Å²) in [5.41, 5.74) is -1.44. The van der Waals surface area contributed by atoms with Crippen LogP contribution in [0.2, 0.25) is 5.02 Å². The van der Waals surface area contributed by atoms with Crippen LogP contribution in [0.5, 0.6) is 0 Å². The molecule has 31 heavy (non-hydrogen) atoms. The van der Waals surface area contributed by atoms with Gasteiger partial charge in [0.25, 0.3) is 0 Å². The van der Waals surface area contributed by atoms with Gasteiger partial charge in [-0.2, -0.15) is 13.2 Å². The molecule has 0 saturated heterocycles. The lowest BCUT2D eigenvalue weighted by Crippen LogP contribution is -2.52. The third kappa shape index (κ3) is 7.07. The maximum atomic E-state index is 12.9. The molecule has 1 unspecified atom stereocenters. The van der Waals surface area contributed by atoms with E-state index in [0.717, 1.165) is 36.6 Å². The average Bonchev–Trinajstić information content (AvgIpc) is 2.69. The number of hydrogen-bond donors (Lipinski definition) is 2. The Morgan fingerprint density at radius 2 is 1.84 bits per heavy atom. The van der Waals surface area contributed by atoms with Crippen LogP contribution in [0.4, 0.5) is 18.0 Å². The molecule has 0 bridgehead atoms. The van der Waals surface area contributed by atoms with Gasteiger partial charge >= 0.3 is 18.2 Å². The maximum absolute atomic E-state index is 12.9. The monoisotopic (exact) mass is 475 g/mol. The Hall–Kier alpha value is -2.39. The Morgan fingerprint density at radius 1 is 1.16 bits per heavy atom. The molecule has 0 heterocycles. The summed E-state index contributed by atoms with van der Waals surface area (Å²) < 4.78 is 43.1. The van der Waals surface area contributed by atoms with E-state index in [1.165, 1.54) is 13.0 Å². The molecule has 0 aliphatic rings. The number of aryl methyl sites for hydroxylation is 1. The second kappa shape index (κ2) is 10.3. The van der Waals surface area contributed by atoms with Crippen LogP contribution >= 0.6 is 23.4 Å². The minimum atomic E-state index is -4.41. The third-order valence-electron chi connectivity index (χ3n) is 4.58. The highest BCUT2D eigenvalue weighted by atomic mass is 35.5. The number of benzene rings is 2. The molecule has 2 aromatic rings. The SMILES string of the molecule is COC(=O)NC(C)(CCCc1ccc(Sc2cccc(C(F)(F)F)c2)cc1Cl)C(=O)O. The van der Waals surface area contributed by atoms with Crippen molar-refractivity contribution in [2.75, 3.05) is 7.11 Å². The standard InChI is InChI=1S/C21H21ClF3NO4S/c1-20(18(27)28,26-19(29)30-2)10-4-5-13-8-9-16(12-17(13)22)31-15-7-3-6-14(11-15)21(23,24)25/h3,6-9,11-12H,4-5,10H2,1-2H3,(H,26,29)(H,27,28). The van der Waals surface area contributed by atoms with Crippen LogP contribution in [0, 0.1) is 0 Å². The number of hydrogen-bond acceptors (Lipinski definition) is 4. The Kier molecular flexibility index (Phi) is 8.25. The van der Waals surface area contributed by atoms with Crippen LogP contribution in [0.25, 0.3) is 0 Å². The van der Waals surface area contributed by atoms with Gasteiger partial charge in [0.05, 0.1) is 12.7 Å². The van der Waals surface area contributed by atoms with E-state index in [9.17, 15) is 27.9 Å².